The van der Waals surface area contributed by atoms with E-state index in [0.717, 1.165) is 18.0 Å². The van der Waals surface area contributed by atoms with Gasteiger partial charge in [-0.25, -0.2) is 0 Å². The van der Waals surface area contributed by atoms with Crippen molar-refractivity contribution in [1.82, 2.24) is 5.32 Å². The normalized spacial score (nSPS) is 16.7. The summed E-state index contributed by atoms with van der Waals surface area (Å²) in [5.74, 6) is 0.740. The lowest BCUT2D eigenvalue weighted by Gasteiger charge is -2.27. The molecule has 1 aliphatic carbocycles. The summed E-state index contributed by atoms with van der Waals surface area (Å²) in [6, 6.07) is 7.42. The van der Waals surface area contributed by atoms with Crippen LogP contribution in [0.1, 0.15) is 39.0 Å². The van der Waals surface area contributed by atoms with Crippen LogP contribution in [0.15, 0.2) is 24.3 Å². The summed E-state index contributed by atoms with van der Waals surface area (Å²) in [5.41, 5.74) is 1.18. The molecule has 0 atom stereocenters. The highest BCUT2D eigenvalue weighted by molar-refractivity contribution is 5.92. The van der Waals surface area contributed by atoms with Crippen LogP contribution in [0.3, 0.4) is 0 Å². The molecule has 1 fully saturated rings. The molecule has 21 heavy (non-hydrogen) atoms. The van der Waals surface area contributed by atoms with Gasteiger partial charge < -0.3 is 15.4 Å². The summed E-state index contributed by atoms with van der Waals surface area (Å²) >= 11 is 0. The molecule has 0 unspecified atom stereocenters. The van der Waals surface area contributed by atoms with Gasteiger partial charge in [-0.05, 0) is 36.8 Å². The van der Waals surface area contributed by atoms with Gasteiger partial charge >= 0.3 is 0 Å². The zero-order valence-electron chi connectivity index (χ0n) is 13.1. The third-order valence-corrected chi connectivity index (χ3v) is 4.55. The Balaban J connectivity index is 1.76. The maximum absolute atomic E-state index is 12.0. The molecule has 0 bridgehead atoms. The van der Waals surface area contributed by atoms with Crippen molar-refractivity contribution in [3.05, 3.63) is 24.3 Å². The predicted molar refractivity (Wildman–Crippen MR) is 85.7 cm³/mol. The number of rotatable bonds is 7. The van der Waals surface area contributed by atoms with Crippen molar-refractivity contribution in [3.63, 3.8) is 0 Å². The number of benzene rings is 1. The Morgan fingerprint density at radius 1 is 1.33 bits per heavy atom. The van der Waals surface area contributed by atoms with Crippen LogP contribution in [-0.4, -0.2) is 26.1 Å². The maximum Gasteiger partial charge on any atom is 0.238 e. The van der Waals surface area contributed by atoms with Crippen molar-refractivity contribution in [2.75, 3.05) is 25.5 Å². The molecule has 1 saturated carbocycles. The van der Waals surface area contributed by atoms with Gasteiger partial charge in [-0.1, -0.05) is 25.8 Å². The summed E-state index contributed by atoms with van der Waals surface area (Å²) in [6.45, 7) is 3.55. The molecular weight excluding hydrogens is 264 g/mol. The second-order valence-electron chi connectivity index (χ2n) is 5.94. The fraction of sp³-hybridized carbons (Fsp3) is 0.588. The fourth-order valence-corrected chi connectivity index (χ4v) is 3.13. The van der Waals surface area contributed by atoms with Gasteiger partial charge in [0.15, 0.2) is 0 Å². The highest BCUT2D eigenvalue weighted by Gasteiger charge is 2.31. The molecule has 0 spiro atoms. The SMILES string of the molecule is CCC1(CNCC(=O)Nc2cccc(OC)c2)CCCC1. The lowest BCUT2D eigenvalue weighted by molar-refractivity contribution is -0.115. The van der Waals surface area contributed by atoms with Gasteiger partial charge in [-0.3, -0.25) is 4.79 Å². The Hall–Kier alpha value is -1.55. The Morgan fingerprint density at radius 2 is 2.10 bits per heavy atom. The zero-order valence-corrected chi connectivity index (χ0v) is 13.1. The molecule has 0 heterocycles. The average molecular weight is 290 g/mol. The molecule has 0 radical (unpaired) electrons. The first-order chi connectivity index (χ1) is 10.2. The summed E-state index contributed by atoms with van der Waals surface area (Å²) in [5, 5.41) is 6.22. The van der Waals surface area contributed by atoms with Crippen molar-refractivity contribution in [2.45, 2.75) is 39.0 Å². The highest BCUT2D eigenvalue weighted by Crippen LogP contribution is 2.40. The minimum Gasteiger partial charge on any atom is -0.497 e. The van der Waals surface area contributed by atoms with Crippen LogP contribution in [0.4, 0.5) is 5.69 Å². The first kappa shape index (κ1) is 15.8. The van der Waals surface area contributed by atoms with E-state index in [4.69, 9.17) is 4.74 Å². The zero-order chi connectivity index (χ0) is 15.1. The number of nitrogens with one attached hydrogen (secondary N) is 2. The molecule has 116 valence electrons. The molecule has 0 aliphatic heterocycles. The summed E-state index contributed by atoms with van der Waals surface area (Å²) in [6.07, 6.45) is 6.41. The molecule has 4 heteroatoms. The Kier molecular flexibility index (Phi) is 5.62. The number of ether oxygens (including phenoxy) is 1. The lowest BCUT2D eigenvalue weighted by atomic mass is 9.83. The van der Waals surface area contributed by atoms with E-state index < -0.39 is 0 Å². The summed E-state index contributed by atoms with van der Waals surface area (Å²) in [7, 11) is 1.62. The molecule has 2 N–H and O–H groups in total. The molecule has 1 aliphatic rings. The number of methoxy groups -OCH3 is 1. The monoisotopic (exact) mass is 290 g/mol. The van der Waals surface area contributed by atoms with Gasteiger partial charge in [0.1, 0.15) is 5.75 Å². The molecule has 0 aromatic heterocycles. The van der Waals surface area contributed by atoms with E-state index in [0.29, 0.717) is 12.0 Å². The van der Waals surface area contributed by atoms with Gasteiger partial charge in [0.05, 0.1) is 13.7 Å². The number of amides is 1. The van der Waals surface area contributed by atoms with Gasteiger partial charge in [-0.2, -0.15) is 0 Å². The van der Waals surface area contributed by atoms with E-state index in [2.05, 4.69) is 17.6 Å². The number of anilines is 1. The second-order valence-corrected chi connectivity index (χ2v) is 5.94. The molecule has 1 aromatic rings. The number of hydrogen-bond acceptors (Lipinski definition) is 3. The molecule has 1 amide bonds. The predicted octanol–water partition coefficient (Wildman–Crippen LogP) is 3.19. The molecule has 4 nitrogen and oxygen atoms in total. The molecule has 2 rings (SSSR count). The van der Waals surface area contributed by atoms with E-state index in [-0.39, 0.29) is 5.91 Å². The van der Waals surface area contributed by atoms with Crippen LogP contribution >= 0.6 is 0 Å². The molecule has 0 saturated heterocycles. The van der Waals surface area contributed by atoms with Crippen molar-refractivity contribution in [1.29, 1.82) is 0 Å². The lowest BCUT2D eigenvalue weighted by Crippen LogP contribution is -2.36. The third-order valence-electron chi connectivity index (χ3n) is 4.55. The first-order valence-electron chi connectivity index (χ1n) is 7.82. The Bertz CT molecular complexity index is 468. The molecule has 1 aromatic carbocycles. The van der Waals surface area contributed by atoms with Crippen LogP contribution in [-0.2, 0) is 4.79 Å². The van der Waals surface area contributed by atoms with Gasteiger partial charge in [-0.15, -0.1) is 0 Å². The van der Waals surface area contributed by atoms with Gasteiger partial charge in [0, 0.05) is 18.3 Å². The van der Waals surface area contributed by atoms with Crippen molar-refractivity contribution in [2.24, 2.45) is 5.41 Å². The largest absolute Gasteiger partial charge is 0.497 e. The molecular formula is C17H26N2O2. The van der Waals surface area contributed by atoms with E-state index in [1.54, 1.807) is 7.11 Å². The van der Waals surface area contributed by atoms with Crippen LogP contribution in [0.25, 0.3) is 0 Å². The third kappa shape index (κ3) is 4.46. The summed E-state index contributed by atoms with van der Waals surface area (Å²) in [4.78, 5) is 12.0. The minimum atomic E-state index is -0.00694. The van der Waals surface area contributed by atoms with E-state index in [1.807, 2.05) is 24.3 Å². The van der Waals surface area contributed by atoms with Crippen LogP contribution in [0, 0.1) is 5.41 Å². The van der Waals surface area contributed by atoms with Crippen LogP contribution < -0.4 is 15.4 Å². The average Bonchev–Trinajstić information content (AvgIpc) is 2.97. The Morgan fingerprint density at radius 3 is 2.76 bits per heavy atom. The second kappa shape index (κ2) is 7.46. The van der Waals surface area contributed by atoms with Crippen molar-refractivity contribution < 1.29 is 9.53 Å². The smallest absolute Gasteiger partial charge is 0.238 e. The quantitative estimate of drug-likeness (QED) is 0.811. The number of carbonyl (C=O) groups is 1. The van der Waals surface area contributed by atoms with Gasteiger partial charge in [0.2, 0.25) is 5.91 Å². The van der Waals surface area contributed by atoms with Crippen LogP contribution in [0.5, 0.6) is 5.75 Å². The maximum atomic E-state index is 12.0. The van der Waals surface area contributed by atoms with Crippen LogP contribution in [0.2, 0.25) is 0 Å². The minimum absolute atomic E-state index is 0.00694. The van der Waals surface area contributed by atoms with Crippen molar-refractivity contribution >= 4 is 11.6 Å². The fourth-order valence-electron chi connectivity index (χ4n) is 3.13. The summed E-state index contributed by atoms with van der Waals surface area (Å²) < 4.78 is 5.15. The Labute approximate surface area is 127 Å². The number of hydrogen-bond donors (Lipinski definition) is 2. The first-order valence-corrected chi connectivity index (χ1v) is 7.82. The standard InChI is InChI=1S/C17H26N2O2/c1-3-17(9-4-5-10-17)13-18-12-16(20)19-14-7-6-8-15(11-14)21-2/h6-8,11,18H,3-5,9-10,12-13H2,1-2H3,(H,19,20). The van der Waals surface area contributed by atoms with E-state index in [9.17, 15) is 4.79 Å². The van der Waals surface area contributed by atoms with E-state index in [1.165, 1.54) is 32.1 Å². The van der Waals surface area contributed by atoms with E-state index >= 15 is 0 Å². The highest BCUT2D eigenvalue weighted by atomic mass is 16.5. The van der Waals surface area contributed by atoms with Gasteiger partial charge in [0.25, 0.3) is 0 Å². The number of carbonyl (C=O) groups excluding carboxylic acids is 1. The topological polar surface area (TPSA) is 50.4 Å². The van der Waals surface area contributed by atoms with Crippen molar-refractivity contribution in [3.8, 4) is 5.75 Å².